The lowest BCUT2D eigenvalue weighted by atomic mass is 9.95. The van der Waals surface area contributed by atoms with Crippen LogP contribution in [0.5, 0.6) is 0 Å². The third-order valence-electron chi connectivity index (χ3n) is 6.75. The summed E-state index contributed by atoms with van der Waals surface area (Å²) in [5, 5.41) is 2.23. The number of hydrogen-bond acceptors (Lipinski definition) is 3. The maximum absolute atomic E-state index is 4.74. The second-order valence-corrected chi connectivity index (χ2v) is 9.16. The van der Waals surface area contributed by atoms with Crippen molar-refractivity contribution in [2.24, 2.45) is 0 Å². The summed E-state index contributed by atoms with van der Waals surface area (Å²) in [5.41, 5.74) is 8.37. The van der Waals surface area contributed by atoms with E-state index in [4.69, 9.17) is 4.98 Å². The van der Waals surface area contributed by atoms with Gasteiger partial charge in [0, 0.05) is 59.2 Å². The molecule has 0 saturated heterocycles. The molecule has 0 spiro atoms. The van der Waals surface area contributed by atoms with Gasteiger partial charge in [-0.1, -0.05) is 51.1 Å². The quantitative estimate of drug-likeness (QED) is 0.277. The normalized spacial score (nSPS) is 11.7. The molecule has 0 saturated carbocycles. The van der Waals surface area contributed by atoms with E-state index in [1.165, 1.54) is 16.8 Å². The molecule has 0 fully saturated rings. The average molecular weight is 458 g/mol. The van der Waals surface area contributed by atoms with Gasteiger partial charge in [-0.05, 0) is 47.7 Å². The summed E-state index contributed by atoms with van der Waals surface area (Å²) < 4.78 is 4.60. The zero-order valence-electron chi connectivity index (χ0n) is 20.2. The monoisotopic (exact) mass is 457 g/mol. The number of imidazole rings is 1. The highest BCUT2D eigenvalue weighted by molar-refractivity contribution is 6.08. The predicted molar refractivity (Wildman–Crippen MR) is 142 cm³/mol. The highest BCUT2D eigenvalue weighted by Gasteiger charge is 2.20. The molecule has 2 aromatic carbocycles. The highest BCUT2D eigenvalue weighted by atomic mass is 15.1. The van der Waals surface area contributed by atoms with Crippen LogP contribution >= 0.6 is 0 Å². The van der Waals surface area contributed by atoms with Gasteiger partial charge in [0.2, 0.25) is 0 Å². The average Bonchev–Trinajstić information content (AvgIpc) is 3.51. The molecule has 0 N–H and O–H groups in total. The summed E-state index contributed by atoms with van der Waals surface area (Å²) >= 11 is 0. The minimum absolute atomic E-state index is 0.331. The molecular weight excluding hydrogens is 430 g/mol. The number of fused-ring (bicyclic) bond motifs is 3. The molecule has 4 aromatic heterocycles. The van der Waals surface area contributed by atoms with Crippen LogP contribution in [0.1, 0.15) is 37.8 Å². The zero-order valence-corrected chi connectivity index (χ0v) is 20.2. The largest absolute Gasteiger partial charge is 0.309 e. The third-order valence-corrected chi connectivity index (χ3v) is 6.75. The van der Waals surface area contributed by atoms with Gasteiger partial charge < -0.3 is 4.57 Å². The van der Waals surface area contributed by atoms with E-state index >= 15 is 0 Å². The number of hydrogen-bond donors (Lipinski definition) is 0. The lowest BCUT2D eigenvalue weighted by Crippen LogP contribution is -2.09. The molecule has 0 aliphatic rings. The van der Waals surface area contributed by atoms with Crippen molar-refractivity contribution in [2.75, 3.05) is 0 Å². The Morgan fingerprint density at radius 3 is 2.14 bits per heavy atom. The molecule has 0 atom stereocenters. The molecule has 0 amide bonds. The van der Waals surface area contributed by atoms with Crippen LogP contribution in [0.25, 0.3) is 44.6 Å². The van der Waals surface area contributed by atoms with Gasteiger partial charge in [-0.15, -0.1) is 0 Å². The lowest BCUT2D eigenvalue weighted by molar-refractivity contribution is 0.836. The molecule has 0 bridgehead atoms. The minimum Gasteiger partial charge on any atom is -0.309 e. The fourth-order valence-corrected chi connectivity index (χ4v) is 5.11. The molecule has 0 radical (unpaired) electrons. The summed E-state index contributed by atoms with van der Waals surface area (Å²) in [6.07, 6.45) is 12.5. The molecule has 6 aromatic rings. The first-order chi connectivity index (χ1) is 17.2. The summed E-state index contributed by atoms with van der Waals surface area (Å²) in [7, 11) is 0. The second-order valence-electron chi connectivity index (χ2n) is 9.16. The van der Waals surface area contributed by atoms with E-state index in [9.17, 15) is 0 Å². The Morgan fingerprint density at radius 2 is 1.51 bits per heavy atom. The van der Waals surface area contributed by atoms with E-state index in [0.29, 0.717) is 5.92 Å². The van der Waals surface area contributed by atoms with Crippen LogP contribution in [0.4, 0.5) is 0 Å². The van der Waals surface area contributed by atoms with Crippen LogP contribution in [-0.2, 0) is 6.42 Å². The number of pyridine rings is 2. The van der Waals surface area contributed by atoms with Gasteiger partial charge in [0.25, 0.3) is 0 Å². The second kappa shape index (κ2) is 8.51. The number of aromatic nitrogens is 5. The Bertz CT molecular complexity index is 1600. The van der Waals surface area contributed by atoms with Crippen LogP contribution < -0.4 is 0 Å². The molecule has 5 heteroatoms. The minimum atomic E-state index is 0.331. The van der Waals surface area contributed by atoms with Gasteiger partial charge in [0.05, 0.1) is 16.7 Å². The Balaban J connectivity index is 1.64. The van der Waals surface area contributed by atoms with E-state index in [0.717, 1.165) is 45.3 Å². The Labute approximate surface area is 204 Å². The van der Waals surface area contributed by atoms with Crippen molar-refractivity contribution in [3.63, 3.8) is 0 Å². The SMILES string of the molecule is CCc1cc(-n2c3ccncc3c3cnccc32)cc(C(C)C)c1-n1ccnc1-c1ccccc1. The molecule has 5 nitrogen and oxygen atoms in total. The van der Waals surface area contributed by atoms with Crippen molar-refractivity contribution in [3.05, 3.63) is 103 Å². The van der Waals surface area contributed by atoms with Crippen molar-refractivity contribution in [1.29, 1.82) is 0 Å². The Kier molecular flexibility index (Phi) is 5.18. The van der Waals surface area contributed by atoms with Crippen molar-refractivity contribution >= 4 is 21.8 Å². The van der Waals surface area contributed by atoms with Crippen LogP contribution in [0.15, 0.2) is 91.8 Å². The van der Waals surface area contributed by atoms with E-state index in [1.54, 1.807) is 0 Å². The molecule has 0 aliphatic heterocycles. The summed E-state index contributed by atoms with van der Waals surface area (Å²) in [6, 6.07) is 19.3. The molecular formula is C30H27N5. The fourth-order valence-electron chi connectivity index (χ4n) is 5.11. The highest BCUT2D eigenvalue weighted by Crippen LogP contribution is 2.36. The topological polar surface area (TPSA) is 48.5 Å². The van der Waals surface area contributed by atoms with Crippen molar-refractivity contribution in [1.82, 2.24) is 24.1 Å². The van der Waals surface area contributed by atoms with E-state index in [-0.39, 0.29) is 0 Å². The number of nitrogens with zero attached hydrogens (tertiary/aromatic N) is 5. The number of rotatable bonds is 5. The molecule has 0 aliphatic carbocycles. The van der Waals surface area contributed by atoms with E-state index < -0.39 is 0 Å². The van der Waals surface area contributed by atoms with E-state index in [2.05, 4.69) is 94.6 Å². The van der Waals surface area contributed by atoms with Crippen LogP contribution in [-0.4, -0.2) is 24.1 Å². The zero-order chi connectivity index (χ0) is 23.9. The maximum Gasteiger partial charge on any atom is 0.144 e. The summed E-state index contributed by atoms with van der Waals surface area (Å²) in [6.45, 7) is 6.76. The predicted octanol–water partition coefficient (Wildman–Crippen LogP) is 7.11. The van der Waals surface area contributed by atoms with Crippen molar-refractivity contribution in [2.45, 2.75) is 33.1 Å². The molecule has 172 valence electrons. The first-order valence-electron chi connectivity index (χ1n) is 12.1. The van der Waals surface area contributed by atoms with Gasteiger partial charge in [0.1, 0.15) is 5.82 Å². The number of aryl methyl sites for hydroxylation is 1. The van der Waals surface area contributed by atoms with Gasteiger partial charge in [-0.2, -0.15) is 0 Å². The first kappa shape index (κ1) is 21.3. The van der Waals surface area contributed by atoms with Crippen molar-refractivity contribution < 1.29 is 0 Å². The maximum atomic E-state index is 4.74. The lowest BCUT2D eigenvalue weighted by Gasteiger charge is -2.22. The molecule has 6 rings (SSSR count). The molecule has 35 heavy (non-hydrogen) atoms. The van der Waals surface area contributed by atoms with Crippen LogP contribution in [0, 0.1) is 0 Å². The van der Waals surface area contributed by atoms with Crippen LogP contribution in [0.3, 0.4) is 0 Å². The summed E-state index contributed by atoms with van der Waals surface area (Å²) in [4.78, 5) is 13.5. The third kappa shape index (κ3) is 3.43. The smallest absolute Gasteiger partial charge is 0.144 e. The molecule has 0 unspecified atom stereocenters. The Hall–Kier alpha value is -4.25. The van der Waals surface area contributed by atoms with Crippen LogP contribution in [0.2, 0.25) is 0 Å². The number of benzene rings is 2. The Morgan fingerprint density at radius 1 is 0.829 bits per heavy atom. The van der Waals surface area contributed by atoms with Gasteiger partial charge >= 0.3 is 0 Å². The first-order valence-corrected chi connectivity index (χ1v) is 12.1. The van der Waals surface area contributed by atoms with E-state index in [1.807, 2.05) is 37.1 Å². The van der Waals surface area contributed by atoms with Crippen molar-refractivity contribution in [3.8, 4) is 22.8 Å². The van der Waals surface area contributed by atoms with Gasteiger partial charge in [0.15, 0.2) is 0 Å². The van der Waals surface area contributed by atoms with Gasteiger partial charge in [-0.25, -0.2) is 4.98 Å². The standard InChI is InChI=1S/C30H27N5/c1-4-21-16-23(35-27-10-12-31-18-25(27)26-19-32-13-11-28(26)35)17-24(20(2)3)29(21)34-15-14-33-30(34)22-8-6-5-7-9-22/h5-20H,4H2,1-3H3. The summed E-state index contributed by atoms with van der Waals surface area (Å²) in [5.74, 6) is 1.29. The fraction of sp³-hybridized carbons (Fsp3) is 0.167. The molecule has 4 heterocycles. The van der Waals surface area contributed by atoms with Gasteiger partial charge in [-0.3, -0.25) is 14.5 Å².